The Labute approximate surface area is 115 Å². The number of aliphatic carboxylic acids is 1. The third-order valence-electron chi connectivity index (χ3n) is 2.97. The molecule has 1 aromatic carbocycles. The highest BCUT2D eigenvalue weighted by Crippen LogP contribution is 2.18. The maximum Gasteiger partial charge on any atom is 0.326 e. The molecule has 7 heteroatoms. The van der Waals surface area contributed by atoms with Crippen LogP contribution in [0, 0.1) is 17.6 Å². The van der Waals surface area contributed by atoms with E-state index >= 15 is 0 Å². The SMILES string of the molecule is CCC(C)C(NC(=O)Nc1c(F)cccc1F)C(=O)O. The van der Waals surface area contributed by atoms with E-state index in [0.29, 0.717) is 6.42 Å². The summed E-state index contributed by atoms with van der Waals surface area (Å²) in [6.07, 6.45) is 0.533. The Morgan fingerprint density at radius 2 is 1.85 bits per heavy atom. The molecule has 1 rings (SSSR count). The Morgan fingerprint density at radius 1 is 1.30 bits per heavy atom. The molecule has 2 unspecified atom stereocenters. The lowest BCUT2D eigenvalue weighted by Crippen LogP contribution is -2.46. The summed E-state index contributed by atoms with van der Waals surface area (Å²) in [5.74, 6) is -3.39. The number of hydrogen-bond donors (Lipinski definition) is 3. The lowest BCUT2D eigenvalue weighted by atomic mass is 9.99. The van der Waals surface area contributed by atoms with Gasteiger partial charge in [-0.2, -0.15) is 0 Å². The largest absolute Gasteiger partial charge is 0.480 e. The number of urea groups is 1. The molecule has 0 saturated carbocycles. The van der Waals surface area contributed by atoms with Crippen LogP contribution in [0.4, 0.5) is 19.3 Å². The summed E-state index contributed by atoms with van der Waals surface area (Å²) in [6.45, 7) is 3.43. The number of carbonyl (C=O) groups is 2. The van der Waals surface area contributed by atoms with Gasteiger partial charge in [0.05, 0.1) is 0 Å². The molecular weight excluding hydrogens is 270 g/mol. The number of para-hydroxylation sites is 1. The zero-order valence-electron chi connectivity index (χ0n) is 11.1. The molecule has 0 aliphatic rings. The van der Waals surface area contributed by atoms with Gasteiger partial charge in [0.2, 0.25) is 0 Å². The van der Waals surface area contributed by atoms with Crippen molar-refractivity contribution < 1.29 is 23.5 Å². The average Bonchev–Trinajstić information content (AvgIpc) is 2.39. The van der Waals surface area contributed by atoms with E-state index in [1.165, 1.54) is 0 Å². The molecule has 5 nitrogen and oxygen atoms in total. The summed E-state index contributed by atoms with van der Waals surface area (Å²) < 4.78 is 26.7. The predicted octanol–water partition coefficient (Wildman–Crippen LogP) is 2.59. The van der Waals surface area contributed by atoms with Crippen molar-refractivity contribution in [2.24, 2.45) is 5.92 Å². The molecule has 0 heterocycles. The molecule has 0 bridgehead atoms. The minimum absolute atomic E-state index is 0.316. The van der Waals surface area contributed by atoms with Gasteiger partial charge in [-0.25, -0.2) is 18.4 Å². The smallest absolute Gasteiger partial charge is 0.326 e. The minimum atomic E-state index is -1.21. The lowest BCUT2D eigenvalue weighted by Gasteiger charge is -2.20. The second kappa shape index (κ2) is 6.83. The van der Waals surface area contributed by atoms with Crippen molar-refractivity contribution in [1.29, 1.82) is 0 Å². The number of anilines is 1. The van der Waals surface area contributed by atoms with Crippen LogP contribution in [0.1, 0.15) is 20.3 Å². The van der Waals surface area contributed by atoms with Crippen molar-refractivity contribution >= 4 is 17.7 Å². The van der Waals surface area contributed by atoms with Crippen LogP contribution in [0.25, 0.3) is 0 Å². The summed E-state index contributed by atoms with van der Waals surface area (Å²) in [6, 6.07) is 1.04. The molecule has 110 valence electrons. The molecular formula is C13H16F2N2O3. The standard InChI is InChI=1S/C13H16F2N2O3/c1-3-7(2)10(12(18)19)16-13(20)17-11-8(14)5-4-6-9(11)15/h4-7,10H,3H2,1-2H3,(H,18,19)(H2,16,17,20). The summed E-state index contributed by atoms with van der Waals surface area (Å²) in [4.78, 5) is 22.7. The van der Waals surface area contributed by atoms with Crippen molar-refractivity contribution in [3.63, 3.8) is 0 Å². The fourth-order valence-corrected chi connectivity index (χ4v) is 1.59. The monoisotopic (exact) mass is 286 g/mol. The van der Waals surface area contributed by atoms with Gasteiger partial charge in [0.25, 0.3) is 0 Å². The van der Waals surface area contributed by atoms with Crippen LogP contribution in [0.3, 0.4) is 0 Å². The molecule has 0 aliphatic heterocycles. The fourth-order valence-electron chi connectivity index (χ4n) is 1.59. The van der Waals surface area contributed by atoms with E-state index in [9.17, 15) is 18.4 Å². The van der Waals surface area contributed by atoms with Crippen molar-refractivity contribution in [2.75, 3.05) is 5.32 Å². The molecule has 0 radical (unpaired) electrons. The van der Waals surface area contributed by atoms with E-state index in [0.717, 1.165) is 18.2 Å². The third-order valence-corrected chi connectivity index (χ3v) is 2.97. The molecule has 0 spiro atoms. The van der Waals surface area contributed by atoms with Crippen molar-refractivity contribution in [3.05, 3.63) is 29.8 Å². The molecule has 0 fully saturated rings. The summed E-state index contributed by atoms with van der Waals surface area (Å²) in [7, 11) is 0. The summed E-state index contributed by atoms with van der Waals surface area (Å²) in [5, 5.41) is 13.2. The first-order chi connectivity index (χ1) is 9.36. The minimum Gasteiger partial charge on any atom is -0.480 e. The topological polar surface area (TPSA) is 78.4 Å². The number of amides is 2. The number of rotatable bonds is 5. The first-order valence-electron chi connectivity index (χ1n) is 6.11. The van der Waals surface area contributed by atoms with Crippen LogP contribution in [-0.4, -0.2) is 23.1 Å². The Bertz CT molecular complexity index is 488. The van der Waals surface area contributed by atoms with Gasteiger partial charge in [0.1, 0.15) is 23.4 Å². The van der Waals surface area contributed by atoms with E-state index in [2.05, 4.69) is 5.32 Å². The van der Waals surface area contributed by atoms with Gasteiger partial charge in [0, 0.05) is 0 Å². The van der Waals surface area contributed by atoms with E-state index in [4.69, 9.17) is 5.11 Å². The van der Waals surface area contributed by atoms with Crippen LogP contribution < -0.4 is 10.6 Å². The molecule has 1 aromatic rings. The normalized spacial score (nSPS) is 13.4. The quantitative estimate of drug-likeness (QED) is 0.778. The highest BCUT2D eigenvalue weighted by atomic mass is 19.1. The molecule has 2 atom stereocenters. The van der Waals surface area contributed by atoms with Gasteiger partial charge < -0.3 is 15.7 Å². The maximum atomic E-state index is 13.3. The lowest BCUT2D eigenvalue weighted by molar-refractivity contribution is -0.140. The zero-order valence-corrected chi connectivity index (χ0v) is 11.1. The van der Waals surface area contributed by atoms with Gasteiger partial charge >= 0.3 is 12.0 Å². The molecule has 0 saturated heterocycles. The Hall–Kier alpha value is -2.18. The first kappa shape index (κ1) is 15.9. The highest BCUT2D eigenvalue weighted by Gasteiger charge is 2.25. The zero-order chi connectivity index (χ0) is 15.3. The Balaban J connectivity index is 2.79. The van der Waals surface area contributed by atoms with E-state index in [1.807, 2.05) is 5.32 Å². The van der Waals surface area contributed by atoms with Crippen molar-refractivity contribution in [2.45, 2.75) is 26.3 Å². The summed E-state index contributed by atoms with van der Waals surface area (Å²) in [5.41, 5.74) is -0.613. The molecule has 20 heavy (non-hydrogen) atoms. The van der Waals surface area contributed by atoms with Crippen LogP contribution >= 0.6 is 0 Å². The van der Waals surface area contributed by atoms with Crippen molar-refractivity contribution in [1.82, 2.24) is 5.32 Å². The van der Waals surface area contributed by atoms with Crippen molar-refractivity contribution in [3.8, 4) is 0 Å². The number of carboxylic acids is 1. The van der Waals surface area contributed by atoms with E-state index < -0.39 is 35.4 Å². The number of halogens is 2. The molecule has 2 amide bonds. The van der Waals surface area contributed by atoms with Crippen LogP contribution in [0.2, 0.25) is 0 Å². The number of carboxylic acid groups (broad SMARTS) is 1. The van der Waals surface area contributed by atoms with E-state index in [-0.39, 0.29) is 5.92 Å². The van der Waals surface area contributed by atoms with Crippen LogP contribution in [-0.2, 0) is 4.79 Å². The molecule has 0 aromatic heterocycles. The fraction of sp³-hybridized carbons (Fsp3) is 0.385. The third kappa shape index (κ3) is 3.91. The van der Waals surface area contributed by atoms with Gasteiger partial charge in [-0.05, 0) is 18.1 Å². The van der Waals surface area contributed by atoms with Crippen LogP contribution in [0.15, 0.2) is 18.2 Å². The summed E-state index contributed by atoms with van der Waals surface area (Å²) >= 11 is 0. The van der Waals surface area contributed by atoms with Crippen LogP contribution in [0.5, 0.6) is 0 Å². The maximum absolute atomic E-state index is 13.3. The molecule has 3 N–H and O–H groups in total. The molecule has 0 aliphatic carbocycles. The Kier molecular flexibility index (Phi) is 5.42. The second-order valence-corrected chi connectivity index (χ2v) is 4.40. The number of carbonyl (C=O) groups excluding carboxylic acids is 1. The van der Waals surface area contributed by atoms with E-state index in [1.54, 1.807) is 13.8 Å². The van der Waals surface area contributed by atoms with Gasteiger partial charge in [-0.3, -0.25) is 0 Å². The van der Waals surface area contributed by atoms with Gasteiger partial charge in [-0.1, -0.05) is 26.3 Å². The number of benzene rings is 1. The Morgan fingerprint density at radius 3 is 2.30 bits per heavy atom. The number of hydrogen-bond acceptors (Lipinski definition) is 2. The second-order valence-electron chi connectivity index (χ2n) is 4.40. The first-order valence-corrected chi connectivity index (χ1v) is 6.11. The average molecular weight is 286 g/mol. The predicted molar refractivity (Wildman–Crippen MR) is 69.4 cm³/mol. The highest BCUT2D eigenvalue weighted by molar-refractivity contribution is 5.92. The van der Waals surface area contributed by atoms with Gasteiger partial charge in [0.15, 0.2) is 0 Å². The number of nitrogens with one attached hydrogen (secondary N) is 2. The van der Waals surface area contributed by atoms with Gasteiger partial charge in [-0.15, -0.1) is 0 Å².